The van der Waals surface area contributed by atoms with Crippen LogP contribution in [0.2, 0.25) is 0 Å². The van der Waals surface area contributed by atoms with E-state index in [9.17, 15) is 4.79 Å². The van der Waals surface area contributed by atoms with Gasteiger partial charge in [-0.05, 0) is 18.6 Å². The average molecular weight is 360 g/mol. The number of aromatic nitrogens is 2. The second-order valence-electron chi connectivity index (χ2n) is 5.47. The fourth-order valence-corrected chi connectivity index (χ4v) is 2.43. The molecule has 1 aromatic carbocycles. The minimum absolute atomic E-state index is 0.205. The van der Waals surface area contributed by atoms with Crippen LogP contribution in [0.25, 0.3) is 0 Å². The molecule has 0 radical (unpaired) electrons. The Kier molecular flexibility index (Phi) is 6.60. The van der Waals surface area contributed by atoms with Crippen LogP contribution in [0.4, 0.5) is 5.69 Å². The number of amides is 1. The van der Waals surface area contributed by atoms with Gasteiger partial charge in [-0.2, -0.15) is 5.10 Å². The topological polar surface area (TPSA) is 87.0 Å². The van der Waals surface area contributed by atoms with Crippen molar-refractivity contribution in [3.8, 4) is 17.2 Å². The largest absolute Gasteiger partial charge is 0.493 e. The molecule has 1 amide bonds. The number of nitrogens with one attached hydrogen (secondary N) is 1. The van der Waals surface area contributed by atoms with Crippen molar-refractivity contribution < 1.29 is 19.0 Å². The molecule has 8 nitrogen and oxygen atoms in total. The van der Waals surface area contributed by atoms with Crippen molar-refractivity contribution in [2.45, 2.75) is 13.3 Å². The smallest absolute Gasteiger partial charge is 0.271 e. The lowest BCUT2D eigenvalue weighted by Crippen LogP contribution is -2.26. The summed E-state index contributed by atoms with van der Waals surface area (Å²) in [4.78, 5) is 16.7. The zero-order valence-electron chi connectivity index (χ0n) is 15.7. The minimum atomic E-state index is -0.205. The SMILES string of the molecule is CCCNC(=O)c1c(N=Cc2cc(OC)c(OC)c(OC)c2)cnn1C. The van der Waals surface area contributed by atoms with Crippen LogP contribution in [-0.4, -0.2) is 49.8 Å². The predicted molar refractivity (Wildman–Crippen MR) is 99.2 cm³/mol. The molecule has 2 aromatic rings. The molecule has 26 heavy (non-hydrogen) atoms. The molecule has 0 aliphatic carbocycles. The predicted octanol–water partition coefficient (Wildman–Crippen LogP) is 2.34. The van der Waals surface area contributed by atoms with E-state index in [1.165, 1.54) is 4.68 Å². The molecule has 8 heteroatoms. The Hall–Kier alpha value is -3.03. The van der Waals surface area contributed by atoms with Crippen molar-refractivity contribution in [2.75, 3.05) is 27.9 Å². The summed E-state index contributed by atoms with van der Waals surface area (Å²) in [7, 11) is 6.36. The summed E-state index contributed by atoms with van der Waals surface area (Å²) in [6, 6.07) is 3.55. The van der Waals surface area contributed by atoms with Crippen molar-refractivity contribution >= 4 is 17.8 Å². The van der Waals surface area contributed by atoms with Gasteiger partial charge < -0.3 is 19.5 Å². The molecular formula is C18H24N4O4. The molecule has 0 unspecified atom stereocenters. The van der Waals surface area contributed by atoms with Crippen LogP contribution in [0.3, 0.4) is 0 Å². The first-order chi connectivity index (χ1) is 12.5. The maximum absolute atomic E-state index is 12.3. The van der Waals surface area contributed by atoms with E-state index >= 15 is 0 Å². The van der Waals surface area contributed by atoms with E-state index in [1.807, 2.05) is 6.92 Å². The lowest BCUT2D eigenvalue weighted by Gasteiger charge is -2.12. The number of ether oxygens (including phenoxy) is 3. The second-order valence-corrected chi connectivity index (χ2v) is 5.47. The Morgan fingerprint density at radius 1 is 1.23 bits per heavy atom. The normalized spacial score (nSPS) is 10.8. The van der Waals surface area contributed by atoms with Gasteiger partial charge in [-0.1, -0.05) is 6.92 Å². The summed E-state index contributed by atoms with van der Waals surface area (Å²) in [6.07, 6.45) is 4.03. The average Bonchev–Trinajstić information content (AvgIpc) is 3.03. The van der Waals surface area contributed by atoms with Crippen LogP contribution in [0.1, 0.15) is 29.4 Å². The van der Waals surface area contributed by atoms with Gasteiger partial charge in [0.1, 0.15) is 5.69 Å². The van der Waals surface area contributed by atoms with E-state index in [1.54, 1.807) is 52.9 Å². The monoisotopic (exact) mass is 360 g/mol. The number of nitrogens with zero attached hydrogens (tertiary/aromatic N) is 3. The Bertz CT molecular complexity index is 773. The third-order valence-electron chi connectivity index (χ3n) is 3.71. The molecule has 0 bridgehead atoms. The molecule has 2 rings (SSSR count). The summed E-state index contributed by atoms with van der Waals surface area (Å²) in [5.41, 5.74) is 1.63. The Balaban J connectivity index is 2.35. The second kappa shape index (κ2) is 8.89. The molecular weight excluding hydrogens is 336 g/mol. The third kappa shape index (κ3) is 4.14. The Morgan fingerprint density at radius 3 is 2.42 bits per heavy atom. The number of benzene rings is 1. The zero-order chi connectivity index (χ0) is 19.1. The number of aliphatic imine (C=N–C) groups is 1. The van der Waals surface area contributed by atoms with Crippen molar-refractivity contribution in [2.24, 2.45) is 12.0 Å². The number of carbonyl (C=O) groups excluding carboxylic acids is 1. The van der Waals surface area contributed by atoms with Crippen LogP contribution in [0, 0.1) is 0 Å². The van der Waals surface area contributed by atoms with E-state index in [0.717, 1.165) is 12.0 Å². The Morgan fingerprint density at radius 2 is 1.88 bits per heavy atom. The van der Waals surface area contributed by atoms with Gasteiger partial charge in [0.25, 0.3) is 5.91 Å². The fourth-order valence-electron chi connectivity index (χ4n) is 2.43. The number of hydrogen-bond donors (Lipinski definition) is 1. The van der Waals surface area contributed by atoms with Crippen LogP contribution in [-0.2, 0) is 7.05 Å². The fraction of sp³-hybridized carbons (Fsp3) is 0.389. The van der Waals surface area contributed by atoms with Crippen molar-refractivity contribution in [3.05, 3.63) is 29.6 Å². The van der Waals surface area contributed by atoms with Gasteiger partial charge in [-0.15, -0.1) is 0 Å². The summed E-state index contributed by atoms with van der Waals surface area (Å²) in [5.74, 6) is 1.36. The first-order valence-electron chi connectivity index (χ1n) is 8.19. The van der Waals surface area contributed by atoms with E-state index in [-0.39, 0.29) is 5.91 Å². The summed E-state index contributed by atoms with van der Waals surface area (Å²) in [5, 5.41) is 6.96. The lowest BCUT2D eigenvalue weighted by atomic mass is 10.2. The maximum Gasteiger partial charge on any atom is 0.271 e. The maximum atomic E-state index is 12.3. The highest BCUT2D eigenvalue weighted by Gasteiger charge is 2.16. The summed E-state index contributed by atoms with van der Waals surface area (Å²) in [6.45, 7) is 2.59. The first-order valence-corrected chi connectivity index (χ1v) is 8.19. The van der Waals surface area contributed by atoms with Crippen molar-refractivity contribution in [3.63, 3.8) is 0 Å². The highest BCUT2D eigenvalue weighted by atomic mass is 16.5. The van der Waals surface area contributed by atoms with Gasteiger partial charge in [-0.3, -0.25) is 14.5 Å². The molecule has 0 aliphatic rings. The molecule has 0 saturated carbocycles. The molecule has 0 spiro atoms. The summed E-state index contributed by atoms with van der Waals surface area (Å²) < 4.78 is 17.5. The Labute approximate surface area is 152 Å². The van der Waals surface area contributed by atoms with Crippen molar-refractivity contribution in [1.29, 1.82) is 0 Å². The zero-order valence-corrected chi connectivity index (χ0v) is 15.7. The van der Waals surface area contributed by atoms with Crippen molar-refractivity contribution in [1.82, 2.24) is 15.1 Å². The first kappa shape index (κ1) is 19.3. The molecule has 0 saturated heterocycles. The number of carbonyl (C=O) groups is 1. The van der Waals surface area contributed by atoms with Gasteiger partial charge in [0.2, 0.25) is 5.75 Å². The van der Waals surface area contributed by atoms with Crippen LogP contribution in [0.15, 0.2) is 23.3 Å². The highest BCUT2D eigenvalue weighted by molar-refractivity contribution is 5.98. The molecule has 1 aromatic heterocycles. The van der Waals surface area contributed by atoms with Gasteiger partial charge >= 0.3 is 0 Å². The van der Waals surface area contributed by atoms with E-state index in [0.29, 0.717) is 35.2 Å². The van der Waals surface area contributed by atoms with Gasteiger partial charge in [-0.25, -0.2) is 0 Å². The van der Waals surface area contributed by atoms with Gasteiger partial charge in [0.05, 0.1) is 27.5 Å². The molecule has 0 atom stereocenters. The van der Waals surface area contributed by atoms with Gasteiger partial charge in [0, 0.05) is 25.4 Å². The van der Waals surface area contributed by atoms with Gasteiger partial charge in [0.15, 0.2) is 17.2 Å². The van der Waals surface area contributed by atoms with Crippen LogP contribution < -0.4 is 19.5 Å². The summed E-state index contributed by atoms with van der Waals surface area (Å²) >= 11 is 0. The third-order valence-corrected chi connectivity index (χ3v) is 3.71. The molecule has 140 valence electrons. The number of methoxy groups -OCH3 is 3. The number of aryl methyl sites for hydroxylation is 1. The number of hydrogen-bond acceptors (Lipinski definition) is 6. The van der Waals surface area contributed by atoms with E-state index in [2.05, 4.69) is 15.4 Å². The highest BCUT2D eigenvalue weighted by Crippen LogP contribution is 2.37. The standard InChI is InChI=1S/C18H24N4O4/c1-6-7-19-18(23)16-13(11-21-22(16)2)20-10-12-8-14(24-3)17(26-5)15(9-12)25-4/h8-11H,6-7H2,1-5H3,(H,19,23). The van der Waals surface area contributed by atoms with Crippen LogP contribution >= 0.6 is 0 Å². The van der Waals surface area contributed by atoms with Crippen LogP contribution in [0.5, 0.6) is 17.2 Å². The molecule has 0 fully saturated rings. The van der Waals surface area contributed by atoms with E-state index < -0.39 is 0 Å². The molecule has 1 N–H and O–H groups in total. The molecule has 1 heterocycles. The molecule has 0 aliphatic heterocycles. The lowest BCUT2D eigenvalue weighted by molar-refractivity contribution is 0.0945. The minimum Gasteiger partial charge on any atom is -0.493 e. The quantitative estimate of drug-likeness (QED) is 0.730. The number of rotatable bonds is 8. The van der Waals surface area contributed by atoms with E-state index in [4.69, 9.17) is 14.2 Å².